The van der Waals surface area contributed by atoms with Crippen LogP contribution in [0.15, 0.2) is 60.7 Å². The lowest BCUT2D eigenvalue weighted by Gasteiger charge is -2.34. The standard InChI is InChI=1S/C26H20F3N7O3/c1-14(15-6-4-3-5-7-15)35-13-17-10-18-21(12-20(17)30-25(35)38)36(39-24(37)26(27,28)29)32-23(18)16-8-9-19-22(11-16)34(2)33-31-19/h3-12,14H,13H2,1-2H3,(H,30,38). The Morgan fingerprint density at radius 3 is 2.59 bits per heavy atom. The molecular weight excluding hydrogens is 515 g/mol. The van der Waals surface area contributed by atoms with Crippen LogP contribution in [-0.2, 0) is 18.4 Å². The second-order valence-corrected chi connectivity index (χ2v) is 9.19. The molecule has 39 heavy (non-hydrogen) atoms. The Morgan fingerprint density at radius 1 is 1.08 bits per heavy atom. The third kappa shape index (κ3) is 4.21. The molecule has 1 aliphatic rings. The van der Waals surface area contributed by atoms with Crippen molar-refractivity contribution >= 4 is 39.6 Å². The van der Waals surface area contributed by atoms with Crippen molar-refractivity contribution in [3.05, 3.63) is 71.8 Å². The van der Waals surface area contributed by atoms with Crippen LogP contribution in [0.5, 0.6) is 0 Å². The van der Waals surface area contributed by atoms with E-state index in [0.29, 0.717) is 32.5 Å². The van der Waals surface area contributed by atoms with Gasteiger partial charge in [0.15, 0.2) is 0 Å². The molecular formula is C26H20F3N7O3. The lowest BCUT2D eigenvalue weighted by molar-refractivity contribution is -0.200. The van der Waals surface area contributed by atoms with E-state index < -0.39 is 12.1 Å². The molecule has 2 aromatic heterocycles. The van der Waals surface area contributed by atoms with E-state index in [-0.39, 0.29) is 29.8 Å². The Morgan fingerprint density at radius 2 is 1.85 bits per heavy atom. The van der Waals surface area contributed by atoms with Crippen molar-refractivity contribution in [3.63, 3.8) is 0 Å². The summed E-state index contributed by atoms with van der Waals surface area (Å²) in [5.74, 6) is -2.42. The van der Waals surface area contributed by atoms with Crippen LogP contribution in [0.25, 0.3) is 33.2 Å². The zero-order valence-electron chi connectivity index (χ0n) is 20.6. The third-order valence-electron chi connectivity index (χ3n) is 6.75. The fourth-order valence-electron chi connectivity index (χ4n) is 4.68. The average molecular weight is 535 g/mol. The summed E-state index contributed by atoms with van der Waals surface area (Å²) < 4.78 is 40.7. The molecule has 0 aliphatic carbocycles. The van der Waals surface area contributed by atoms with Crippen LogP contribution in [-0.4, -0.2) is 48.0 Å². The Balaban J connectivity index is 1.48. The van der Waals surface area contributed by atoms with Crippen LogP contribution in [0.3, 0.4) is 0 Å². The number of nitrogens with one attached hydrogen (secondary N) is 1. The SMILES string of the molecule is CC(c1ccccc1)N1Cc2cc3c(-c4ccc5nnn(C)c5c4)nn(OC(=O)C(F)(F)F)c3cc2NC1=O. The van der Waals surface area contributed by atoms with E-state index in [2.05, 4.69) is 25.6 Å². The number of alkyl halides is 3. The minimum Gasteiger partial charge on any atom is -0.313 e. The second kappa shape index (κ2) is 8.82. The molecule has 0 fully saturated rings. The van der Waals surface area contributed by atoms with Crippen molar-refractivity contribution in [2.75, 3.05) is 5.32 Å². The number of aromatic nitrogens is 5. The maximum atomic E-state index is 13.0. The molecule has 0 saturated heterocycles. The molecule has 3 heterocycles. The van der Waals surface area contributed by atoms with Crippen LogP contribution < -0.4 is 10.2 Å². The fourth-order valence-corrected chi connectivity index (χ4v) is 4.68. The first-order valence-corrected chi connectivity index (χ1v) is 11.9. The molecule has 13 heteroatoms. The lowest BCUT2D eigenvalue weighted by atomic mass is 10.0. The molecule has 0 saturated carbocycles. The predicted octanol–water partition coefficient (Wildman–Crippen LogP) is 4.61. The molecule has 198 valence electrons. The number of amides is 2. The van der Waals surface area contributed by atoms with Gasteiger partial charge in [-0.15, -0.1) is 10.2 Å². The highest BCUT2D eigenvalue weighted by Gasteiger charge is 2.42. The molecule has 3 aromatic carbocycles. The van der Waals surface area contributed by atoms with Gasteiger partial charge in [-0.2, -0.15) is 13.2 Å². The van der Waals surface area contributed by atoms with E-state index in [9.17, 15) is 22.8 Å². The molecule has 5 aromatic rings. The number of carbonyl (C=O) groups excluding carboxylic acids is 2. The molecule has 0 spiro atoms. The van der Waals surface area contributed by atoms with Gasteiger partial charge < -0.3 is 15.1 Å². The van der Waals surface area contributed by atoms with E-state index in [4.69, 9.17) is 0 Å². The van der Waals surface area contributed by atoms with E-state index in [1.54, 1.807) is 40.9 Å². The van der Waals surface area contributed by atoms with E-state index in [0.717, 1.165) is 11.1 Å². The number of fused-ring (bicyclic) bond motifs is 3. The van der Waals surface area contributed by atoms with Gasteiger partial charge in [0.2, 0.25) is 0 Å². The lowest BCUT2D eigenvalue weighted by Crippen LogP contribution is -2.40. The summed E-state index contributed by atoms with van der Waals surface area (Å²) >= 11 is 0. The first-order chi connectivity index (χ1) is 18.6. The van der Waals surface area contributed by atoms with Crippen LogP contribution in [0.1, 0.15) is 24.1 Å². The molecule has 10 nitrogen and oxygen atoms in total. The number of nitrogens with zero attached hydrogens (tertiary/aromatic N) is 6. The fraction of sp³-hybridized carbons (Fsp3) is 0.192. The zero-order chi connectivity index (χ0) is 27.5. The molecule has 2 amide bonds. The number of urea groups is 1. The monoisotopic (exact) mass is 535 g/mol. The van der Waals surface area contributed by atoms with Gasteiger partial charge in [-0.3, -0.25) is 0 Å². The smallest absolute Gasteiger partial charge is 0.313 e. The second-order valence-electron chi connectivity index (χ2n) is 9.19. The summed E-state index contributed by atoms with van der Waals surface area (Å²) in [5.41, 5.74) is 4.26. The highest BCUT2D eigenvalue weighted by atomic mass is 19.4. The van der Waals surface area contributed by atoms with Crippen molar-refractivity contribution < 1.29 is 27.6 Å². The number of anilines is 1. The van der Waals surface area contributed by atoms with Crippen molar-refractivity contribution in [2.24, 2.45) is 7.05 Å². The highest BCUT2D eigenvalue weighted by molar-refractivity contribution is 6.01. The molecule has 6 rings (SSSR count). The molecule has 1 N–H and O–H groups in total. The van der Waals surface area contributed by atoms with E-state index in [1.165, 1.54) is 6.07 Å². The van der Waals surface area contributed by atoms with Gasteiger partial charge in [0.1, 0.15) is 16.7 Å². The number of rotatable bonds is 4. The predicted molar refractivity (Wildman–Crippen MR) is 134 cm³/mol. The number of aryl methyl sites for hydroxylation is 1. The number of hydrogen-bond donors (Lipinski definition) is 1. The number of halogens is 3. The van der Waals surface area contributed by atoms with Crippen LogP contribution in [0, 0.1) is 0 Å². The Kier molecular flexibility index (Phi) is 5.52. The normalized spacial score (nSPS) is 14.4. The zero-order valence-corrected chi connectivity index (χ0v) is 20.6. The molecule has 1 unspecified atom stereocenters. The van der Waals surface area contributed by atoms with Gasteiger partial charge in [0.25, 0.3) is 0 Å². The number of benzene rings is 3. The first kappa shape index (κ1) is 24.4. The molecule has 0 radical (unpaired) electrons. The summed E-state index contributed by atoms with van der Waals surface area (Å²) in [6.07, 6.45) is -5.23. The minimum absolute atomic E-state index is 0.0782. The maximum Gasteiger partial charge on any atom is 0.493 e. The quantitative estimate of drug-likeness (QED) is 0.360. The van der Waals surface area contributed by atoms with Gasteiger partial charge in [-0.1, -0.05) is 46.5 Å². The summed E-state index contributed by atoms with van der Waals surface area (Å²) in [5, 5.41) is 15.5. The van der Waals surface area contributed by atoms with E-state index >= 15 is 0 Å². The Bertz CT molecular complexity index is 1760. The summed E-state index contributed by atoms with van der Waals surface area (Å²) in [7, 11) is 1.71. The van der Waals surface area contributed by atoms with Crippen molar-refractivity contribution in [1.82, 2.24) is 29.8 Å². The van der Waals surface area contributed by atoms with Gasteiger partial charge in [-0.25, -0.2) is 14.3 Å². The largest absolute Gasteiger partial charge is 0.493 e. The highest BCUT2D eigenvalue weighted by Crippen LogP contribution is 2.37. The number of hydrogen-bond acceptors (Lipinski definition) is 6. The van der Waals surface area contributed by atoms with Crippen LogP contribution in [0.4, 0.5) is 23.7 Å². The Labute approximate surface area is 218 Å². The van der Waals surface area contributed by atoms with Gasteiger partial charge >= 0.3 is 18.2 Å². The van der Waals surface area contributed by atoms with E-state index in [1.807, 2.05) is 37.3 Å². The van der Waals surface area contributed by atoms with Gasteiger partial charge in [0, 0.05) is 23.7 Å². The summed E-state index contributed by atoms with van der Waals surface area (Å²) in [6, 6.07) is 17.3. The van der Waals surface area contributed by atoms with Gasteiger partial charge in [-0.05, 0) is 42.3 Å². The van der Waals surface area contributed by atoms with Crippen molar-refractivity contribution in [2.45, 2.75) is 25.7 Å². The molecule has 1 atom stereocenters. The Hall–Kier alpha value is -4.94. The average Bonchev–Trinajstić information content (AvgIpc) is 3.46. The topological polar surface area (TPSA) is 107 Å². The summed E-state index contributed by atoms with van der Waals surface area (Å²) in [6.45, 7) is 2.15. The van der Waals surface area contributed by atoms with Crippen LogP contribution >= 0.6 is 0 Å². The third-order valence-corrected chi connectivity index (χ3v) is 6.75. The summed E-state index contributed by atoms with van der Waals surface area (Å²) in [4.78, 5) is 31.5. The van der Waals surface area contributed by atoms with Crippen molar-refractivity contribution in [1.29, 1.82) is 0 Å². The van der Waals surface area contributed by atoms with Gasteiger partial charge in [0.05, 0.1) is 18.1 Å². The number of carbonyl (C=O) groups is 2. The first-order valence-electron chi connectivity index (χ1n) is 11.9. The maximum absolute atomic E-state index is 13.0. The van der Waals surface area contributed by atoms with Crippen molar-refractivity contribution in [3.8, 4) is 11.3 Å². The molecule has 1 aliphatic heterocycles. The minimum atomic E-state index is -5.23. The van der Waals surface area contributed by atoms with Crippen LogP contribution in [0.2, 0.25) is 0 Å². The molecule has 0 bridgehead atoms.